The molecule has 1 aromatic carbocycles. The van der Waals surface area contributed by atoms with Crippen LogP contribution in [0.1, 0.15) is 11.3 Å². The Morgan fingerprint density at radius 1 is 1.10 bits per heavy atom. The molecule has 102 valence electrons. The van der Waals surface area contributed by atoms with Gasteiger partial charge in [-0.05, 0) is 30.2 Å². The fraction of sp³-hybridized carbons (Fsp3) is 0.188. The molecule has 0 aliphatic heterocycles. The van der Waals surface area contributed by atoms with Crippen molar-refractivity contribution in [1.82, 2.24) is 9.38 Å². The number of imidazole rings is 1. The summed E-state index contributed by atoms with van der Waals surface area (Å²) >= 11 is 0. The molecule has 4 nitrogen and oxygen atoms in total. The van der Waals surface area contributed by atoms with E-state index in [0.717, 1.165) is 22.7 Å². The summed E-state index contributed by atoms with van der Waals surface area (Å²) in [4.78, 5) is 4.49. The molecule has 1 N–H and O–H groups in total. The molecule has 0 atom stereocenters. The summed E-state index contributed by atoms with van der Waals surface area (Å²) in [6.07, 6.45) is 4.52. The Bertz CT molecular complexity index is 673. The van der Waals surface area contributed by atoms with Gasteiger partial charge in [0.25, 0.3) is 0 Å². The summed E-state index contributed by atoms with van der Waals surface area (Å²) in [5.74, 6) is 0.804. The first-order valence-electron chi connectivity index (χ1n) is 6.61. The van der Waals surface area contributed by atoms with Crippen LogP contribution in [0.2, 0.25) is 0 Å². The summed E-state index contributed by atoms with van der Waals surface area (Å²) in [7, 11) is 0. The van der Waals surface area contributed by atoms with Gasteiger partial charge in [-0.25, -0.2) is 4.98 Å². The normalized spacial score (nSPS) is 10.8. The second kappa shape index (κ2) is 5.75. The second-order valence-electron chi connectivity index (χ2n) is 4.57. The third-order valence-electron chi connectivity index (χ3n) is 3.14. The fourth-order valence-corrected chi connectivity index (χ4v) is 2.18. The Kier molecular flexibility index (Phi) is 3.65. The Hall–Kier alpha value is -2.33. The number of ether oxygens (including phenoxy) is 1. The highest BCUT2D eigenvalue weighted by Gasteiger charge is 2.05. The number of fused-ring (bicyclic) bond motifs is 1. The minimum Gasteiger partial charge on any atom is -0.487 e. The monoisotopic (exact) mass is 268 g/mol. The maximum Gasteiger partial charge on any atom is 0.137 e. The SMILES string of the molecule is OCCc1ccccc1OCc1cn2ccccc2n1. The lowest BCUT2D eigenvalue weighted by molar-refractivity contribution is 0.282. The minimum absolute atomic E-state index is 0.120. The third-order valence-corrected chi connectivity index (χ3v) is 3.14. The fourth-order valence-electron chi connectivity index (χ4n) is 2.18. The van der Waals surface area contributed by atoms with Gasteiger partial charge >= 0.3 is 0 Å². The molecule has 2 heterocycles. The van der Waals surface area contributed by atoms with E-state index in [1.54, 1.807) is 0 Å². The van der Waals surface area contributed by atoms with E-state index >= 15 is 0 Å². The van der Waals surface area contributed by atoms with E-state index in [1.807, 2.05) is 59.3 Å². The summed E-state index contributed by atoms with van der Waals surface area (Å²) in [5, 5.41) is 9.05. The molecule has 4 heteroatoms. The van der Waals surface area contributed by atoms with Crippen LogP contribution in [-0.4, -0.2) is 21.1 Å². The average Bonchev–Trinajstić information content (AvgIpc) is 2.89. The molecule has 0 bridgehead atoms. The number of nitrogens with zero attached hydrogens (tertiary/aromatic N) is 2. The first kappa shape index (κ1) is 12.7. The highest BCUT2D eigenvalue weighted by Crippen LogP contribution is 2.19. The predicted molar refractivity (Wildman–Crippen MR) is 76.8 cm³/mol. The van der Waals surface area contributed by atoms with Gasteiger partial charge in [0.1, 0.15) is 18.0 Å². The lowest BCUT2D eigenvalue weighted by Gasteiger charge is -2.09. The molecule has 0 saturated heterocycles. The minimum atomic E-state index is 0.120. The van der Waals surface area contributed by atoms with Crippen LogP contribution in [0.15, 0.2) is 54.9 Å². The first-order chi connectivity index (χ1) is 9.86. The van der Waals surface area contributed by atoms with Gasteiger partial charge in [-0.1, -0.05) is 24.3 Å². The molecule has 0 radical (unpaired) electrons. The van der Waals surface area contributed by atoms with Crippen LogP contribution in [0.25, 0.3) is 5.65 Å². The van der Waals surface area contributed by atoms with Crippen LogP contribution < -0.4 is 4.74 Å². The molecule has 20 heavy (non-hydrogen) atoms. The van der Waals surface area contributed by atoms with Crippen LogP contribution in [0.3, 0.4) is 0 Å². The van der Waals surface area contributed by atoms with Crippen LogP contribution in [0.4, 0.5) is 0 Å². The van der Waals surface area contributed by atoms with Crippen molar-refractivity contribution in [3.63, 3.8) is 0 Å². The van der Waals surface area contributed by atoms with Crippen molar-refractivity contribution < 1.29 is 9.84 Å². The average molecular weight is 268 g/mol. The molecule has 0 saturated carbocycles. The van der Waals surface area contributed by atoms with Gasteiger partial charge in [-0.2, -0.15) is 0 Å². The molecule has 0 fully saturated rings. The Labute approximate surface area is 117 Å². The number of aliphatic hydroxyl groups is 1. The molecule has 0 spiro atoms. The first-order valence-corrected chi connectivity index (χ1v) is 6.61. The largest absolute Gasteiger partial charge is 0.487 e. The standard InChI is InChI=1S/C16H16N2O2/c19-10-8-13-5-1-2-6-15(13)20-12-14-11-18-9-4-3-7-16(18)17-14/h1-7,9,11,19H,8,10,12H2. The molecule has 0 unspecified atom stereocenters. The van der Waals surface area contributed by atoms with Crippen molar-refractivity contribution >= 4 is 5.65 Å². The van der Waals surface area contributed by atoms with Crippen molar-refractivity contribution in [3.05, 3.63) is 66.1 Å². The van der Waals surface area contributed by atoms with E-state index in [4.69, 9.17) is 9.84 Å². The number of aromatic nitrogens is 2. The highest BCUT2D eigenvalue weighted by atomic mass is 16.5. The maximum absolute atomic E-state index is 9.05. The zero-order valence-electron chi connectivity index (χ0n) is 11.1. The number of para-hydroxylation sites is 1. The van der Waals surface area contributed by atoms with Gasteiger partial charge in [0, 0.05) is 19.0 Å². The smallest absolute Gasteiger partial charge is 0.137 e. The molecule has 0 amide bonds. The van der Waals surface area contributed by atoms with Crippen molar-refractivity contribution in [1.29, 1.82) is 0 Å². The molecular weight excluding hydrogens is 252 g/mol. The van der Waals surface area contributed by atoms with E-state index in [-0.39, 0.29) is 6.61 Å². The topological polar surface area (TPSA) is 46.8 Å². The Morgan fingerprint density at radius 3 is 2.80 bits per heavy atom. The number of pyridine rings is 1. The summed E-state index contributed by atoms with van der Waals surface area (Å²) < 4.78 is 7.79. The van der Waals surface area contributed by atoms with Gasteiger partial charge in [0.05, 0.1) is 5.69 Å². The van der Waals surface area contributed by atoms with E-state index in [9.17, 15) is 0 Å². The summed E-state index contributed by atoms with van der Waals surface area (Å²) in [6, 6.07) is 13.7. The Morgan fingerprint density at radius 2 is 1.95 bits per heavy atom. The molecule has 0 aliphatic rings. The number of aliphatic hydroxyl groups excluding tert-OH is 1. The second-order valence-corrected chi connectivity index (χ2v) is 4.57. The molecular formula is C16H16N2O2. The van der Waals surface area contributed by atoms with E-state index in [2.05, 4.69) is 4.98 Å². The van der Waals surface area contributed by atoms with Crippen molar-refractivity contribution in [2.45, 2.75) is 13.0 Å². The van der Waals surface area contributed by atoms with Gasteiger partial charge in [-0.3, -0.25) is 0 Å². The number of benzene rings is 1. The van der Waals surface area contributed by atoms with E-state index in [1.165, 1.54) is 0 Å². The quantitative estimate of drug-likeness (QED) is 0.773. The molecule has 3 aromatic rings. The maximum atomic E-state index is 9.05. The zero-order chi connectivity index (χ0) is 13.8. The highest BCUT2D eigenvalue weighted by molar-refractivity contribution is 5.39. The van der Waals surface area contributed by atoms with Crippen LogP contribution in [-0.2, 0) is 13.0 Å². The van der Waals surface area contributed by atoms with Gasteiger partial charge in [0.15, 0.2) is 0 Å². The third kappa shape index (κ3) is 2.65. The van der Waals surface area contributed by atoms with Crippen LogP contribution in [0.5, 0.6) is 5.75 Å². The number of hydrogen-bond acceptors (Lipinski definition) is 3. The predicted octanol–water partition coefficient (Wildman–Crippen LogP) is 2.45. The zero-order valence-corrected chi connectivity index (χ0v) is 11.1. The lowest BCUT2D eigenvalue weighted by Crippen LogP contribution is -2.00. The van der Waals surface area contributed by atoms with Gasteiger partial charge < -0.3 is 14.2 Å². The van der Waals surface area contributed by atoms with Gasteiger partial charge in [0.2, 0.25) is 0 Å². The van der Waals surface area contributed by atoms with Crippen LogP contribution >= 0.6 is 0 Å². The van der Waals surface area contributed by atoms with Crippen molar-refractivity contribution in [2.75, 3.05) is 6.61 Å². The number of hydrogen-bond donors (Lipinski definition) is 1. The molecule has 2 aromatic heterocycles. The Balaban J connectivity index is 1.76. The van der Waals surface area contributed by atoms with Crippen molar-refractivity contribution in [2.24, 2.45) is 0 Å². The van der Waals surface area contributed by atoms with Crippen molar-refractivity contribution in [3.8, 4) is 5.75 Å². The van der Waals surface area contributed by atoms with E-state index < -0.39 is 0 Å². The van der Waals surface area contributed by atoms with E-state index in [0.29, 0.717) is 13.0 Å². The summed E-state index contributed by atoms with van der Waals surface area (Å²) in [6.45, 7) is 0.541. The van der Waals surface area contributed by atoms with Gasteiger partial charge in [-0.15, -0.1) is 0 Å². The van der Waals surface area contributed by atoms with Crippen LogP contribution in [0, 0.1) is 0 Å². The molecule has 3 rings (SSSR count). The number of rotatable bonds is 5. The summed E-state index contributed by atoms with van der Waals surface area (Å²) in [5.41, 5.74) is 2.81. The lowest BCUT2D eigenvalue weighted by atomic mass is 10.1. The molecule has 0 aliphatic carbocycles.